The maximum Gasteiger partial charge on any atom is 0.328 e. The standard InChI is InChI=1S/C15H18FNO4/c1-10(11-3-2-4-12(16)8-11)7-14(18)17-5-6-21-9-13(17)15(19)20/h2-4,8,10,13H,5-7,9H2,1H3,(H,19,20). The molecule has 5 nitrogen and oxygen atoms in total. The summed E-state index contributed by atoms with van der Waals surface area (Å²) in [6.07, 6.45) is 0.146. The van der Waals surface area contributed by atoms with Crippen molar-refractivity contribution in [3.05, 3.63) is 35.6 Å². The van der Waals surface area contributed by atoms with Gasteiger partial charge in [0.05, 0.1) is 13.2 Å². The number of hydrogen-bond acceptors (Lipinski definition) is 3. The summed E-state index contributed by atoms with van der Waals surface area (Å²) in [6, 6.07) is 5.16. The molecule has 1 aromatic rings. The summed E-state index contributed by atoms with van der Waals surface area (Å²) in [6.45, 7) is 2.44. The summed E-state index contributed by atoms with van der Waals surface area (Å²) >= 11 is 0. The Morgan fingerprint density at radius 1 is 1.52 bits per heavy atom. The second-order valence-electron chi connectivity index (χ2n) is 5.18. The van der Waals surface area contributed by atoms with E-state index in [0.717, 1.165) is 5.56 Å². The topological polar surface area (TPSA) is 66.8 Å². The molecule has 0 spiro atoms. The molecule has 1 saturated heterocycles. The normalized spacial score (nSPS) is 20.1. The van der Waals surface area contributed by atoms with Gasteiger partial charge in [0.2, 0.25) is 5.91 Å². The highest BCUT2D eigenvalue weighted by atomic mass is 19.1. The molecule has 1 aromatic carbocycles. The number of carboxylic acid groups (broad SMARTS) is 1. The van der Waals surface area contributed by atoms with Crippen molar-refractivity contribution in [2.24, 2.45) is 0 Å². The summed E-state index contributed by atoms with van der Waals surface area (Å²) < 4.78 is 18.3. The lowest BCUT2D eigenvalue weighted by Crippen LogP contribution is -2.52. The van der Waals surface area contributed by atoms with Gasteiger partial charge >= 0.3 is 5.97 Å². The maximum absolute atomic E-state index is 13.2. The third kappa shape index (κ3) is 3.78. The Hall–Kier alpha value is -1.95. The predicted molar refractivity (Wildman–Crippen MR) is 73.4 cm³/mol. The summed E-state index contributed by atoms with van der Waals surface area (Å²) in [5.41, 5.74) is 0.725. The van der Waals surface area contributed by atoms with E-state index in [9.17, 15) is 14.0 Å². The Labute approximate surface area is 122 Å². The number of carboxylic acids is 1. The van der Waals surface area contributed by atoms with Crippen LogP contribution in [0.2, 0.25) is 0 Å². The molecule has 0 aromatic heterocycles. The third-order valence-electron chi connectivity index (χ3n) is 3.63. The molecule has 1 aliphatic heterocycles. The number of carbonyl (C=O) groups excluding carboxylic acids is 1. The molecule has 2 rings (SSSR count). The van der Waals surface area contributed by atoms with E-state index >= 15 is 0 Å². The van der Waals surface area contributed by atoms with Gasteiger partial charge in [0.1, 0.15) is 5.82 Å². The highest BCUT2D eigenvalue weighted by Gasteiger charge is 2.33. The average Bonchev–Trinajstić information content (AvgIpc) is 2.47. The molecule has 2 atom stereocenters. The molecule has 1 amide bonds. The zero-order valence-corrected chi connectivity index (χ0v) is 11.8. The van der Waals surface area contributed by atoms with Crippen molar-refractivity contribution in [1.29, 1.82) is 0 Å². The Morgan fingerprint density at radius 3 is 2.95 bits per heavy atom. The molecule has 1 heterocycles. The number of benzene rings is 1. The van der Waals surface area contributed by atoms with Crippen LogP contribution in [0.1, 0.15) is 24.8 Å². The summed E-state index contributed by atoms with van der Waals surface area (Å²) in [5, 5.41) is 9.12. The summed E-state index contributed by atoms with van der Waals surface area (Å²) in [4.78, 5) is 24.8. The smallest absolute Gasteiger partial charge is 0.328 e. The highest BCUT2D eigenvalue weighted by molar-refractivity contribution is 5.84. The molecule has 1 aliphatic rings. The van der Waals surface area contributed by atoms with Crippen molar-refractivity contribution in [2.45, 2.75) is 25.3 Å². The van der Waals surface area contributed by atoms with Crippen LogP contribution in [0, 0.1) is 5.82 Å². The minimum Gasteiger partial charge on any atom is -0.480 e. The zero-order chi connectivity index (χ0) is 15.4. The first kappa shape index (κ1) is 15.4. The van der Waals surface area contributed by atoms with Gasteiger partial charge < -0.3 is 14.7 Å². The molecule has 0 aliphatic carbocycles. The Balaban J connectivity index is 2.04. The SMILES string of the molecule is CC(CC(=O)N1CCOCC1C(=O)O)c1cccc(F)c1. The van der Waals surface area contributed by atoms with Crippen LogP contribution >= 0.6 is 0 Å². The monoisotopic (exact) mass is 295 g/mol. The molecule has 21 heavy (non-hydrogen) atoms. The number of halogens is 1. The molecule has 114 valence electrons. The number of nitrogens with zero attached hydrogens (tertiary/aromatic N) is 1. The minimum atomic E-state index is -1.07. The Morgan fingerprint density at radius 2 is 2.29 bits per heavy atom. The van der Waals surface area contributed by atoms with Crippen molar-refractivity contribution in [3.63, 3.8) is 0 Å². The fourth-order valence-electron chi connectivity index (χ4n) is 2.42. The molecule has 0 saturated carbocycles. The predicted octanol–water partition coefficient (Wildman–Crippen LogP) is 1.63. The van der Waals surface area contributed by atoms with E-state index < -0.39 is 12.0 Å². The van der Waals surface area contributed by atoms with Crippen molar-refractivity contribution in [1.82, 2.24) is 4.90 Å². The van der Waals surface area contributed by atoms with Gasteiger partial charge in [-0.1, -0.05) is 19.1 Å². The summed E-state index contributed by atoms with van der Waals surface area (Å²) in [5.74, 6) is -1.84. The highest BCUT2D eigenvalue weighted by Crippen LogP contribution is 2.22. The van der Waals surface area contributed by atoms with Crippen LogP contribution in [0.25, 0.3) is 0 Å². The third-order valence-corrected chi connectivity index (χ3v) is 3.63. The van der Waals surface area contributed by atoms with Crippen molar-refractivity contribution >= 4 is 11.9 Å². The molecule has 1 N–H and O–H groups in total. The van der Waals surface area contributed by atoms with Crippen molar-refractivity contribution < 1.29 is 23.8 Å². The second kappa shape index (κ2) is 6.67. The van der Waals surface area contributed by atoms with Gasteiger partial charge in [-0.3, -0.25) is 4.79 Å². The molecular weight excluding hydrogens is 277 g/mol. The van der Waals surface area contributed by atoms with Crippen LogP contribution in [0.4, 0.5) is 4.39 Å². The largest absolute Gasteiger partial charge is 0.480 e. The van der Waals surface area contributed by atoms with Gasteiger partial charge in [-0.2, -0.15) is 0 Å². The van der Waals surface area contributed by atoms with Gasteiger partial charge in [-0.05, 0) is 23.6 Å². The van der Waals surface area contributed by atoms with E-state index in [1.54, 1.807) is 12.1 Å². The maximum atomic E-state index is 13.2. The molecule has 2 unspecified atom stereocenters. The molecular formula is C15H18FNO4. The van der Waals surface area contributed by atoms with Crippen LogP contribution in [-0.2, 0) is 14.3 Å². The van der Waals surface area contributed by atoms with Crippen LogP contribution in [-0.4, -0.2) is 47.7 Å². The lowest BCUT2D eigenvalue weighted by molar-refractivity contribution is -0.158. The Bertz CT molecular complexity index is 534. The van der Waals surface area contributed by atoms with E-state index in [-0.39, 0.29) is 37.2 Å². The van der Waals surface area contributed by atoms with Gasteiger partial charge in [-0.15, -0.1) is 0 Å². The second-order valence-corrected chi connectivity index (χ2v) is 5.18. The van der Waals surface area contributed by atoms with E-state index in [1.807, 2.05) is 6.92 Å². The first-order valence-corrected chi connectivity index (χ1v) is 6.84. The van der Waals surface area contributed by atoms with E-state index in [4.69, 9.17) is 9.84 Å². The van der Waals surface area contributed by atoms with Gasteiger partial charge in [-0.25, -0.2) is 9.18 Å². The summed E-state index contributed by atoms with van der Waals surface area (Å²) in [7, 11) is 0. The van der Waals surface area contributed by atoms with Crippen LogP contribution in [0.15, 0.2) is 24.3 Å². The first-order chi connectivity index (χ1) is 9.99. The number of hydrogen-bond donors (Lipinski definition) is 1. The average molecular weight is 295 g/mol. The van der Waals surface area contributed by atoms with Gasteiger partial charge in [0.15, 0.2) is 6.04 Å². The van der Waals surface area contributed by atoms with Crippen molar-refractivity contribution in [2.75, 3.05) is 19.8 Å². The van der Waals surface area contributed by atoms with Gasteiger partial charge in [0, 0.05) is 13.0 Å². The molecule has 0 bridgehead atoms. The zero-order valence-electron chi connectivity index (χ0n) is 11.8. The number of aliphatic carboxylic acids is 1. The molecule has 0 radical (unpaired) electrons. The van der Waals surface area contributed by atoms with E-state index in [0.29, 0.717) is 6.61 Å². The number of rotatable bonds is 4. The van der Waals surface area contributed by atoms with Crippen LogP contribution in [0.5, 0.6) is 0 Å². The van der Waals surface area contributed by atoms with E-state index in [1.165, 1.54) is 17.0 Å². The molecule has 1 fully saturated rings. The fourth-order valence-corrected chi connectivity index (χ4v) is 2.42. The molecule has 6 heteroatoms. The van der Waals surface area contributed by atoms with Crippen LogP contribution < -0.4 is 0 Å². The number of amides is 1. The number of carbonyl (C=O) groups is 2. The van der Waals surface area contributed by atoms with Crippen molar-refractivity contribution in [3.8, 4) is 0 Å². The minimum absolute atomic E-state index is 0.00934. The fraction of sp³-hybridized carbons (Fsp3) is 0.467. The quantitative estimate of drug-likeness (QED) is 0.917. The lowest BCUT2D eigenvalue weighted by atomic mass is 9.96. The van der Waals surface area contributed by atoms with E-state index in [2.05, 4.69) is 0 Å². The van der Waals surface area contributed by atoms with Crippen LogP contribution in [0.3, 0.4) is 0 Å². The number of morpholine rings is 1. The van der Waals surface area contributed by atoms with Gasteiger partial charge in [0.25, 0.3) is 0 Å². The lowest BCUT2D eigenvalue weighted by Gasteiger charge is -2.33. The first-order valence-electron chi connectivity index (χ1n) is 6.84. The Kier molecular flexibility index (Phi) is 4.90. The number of ether oxygens (including phenoxy) is 1.